The van der Waals surface area contributed by atoms with Gasteiger partial charge in [0, 0.05) is 6.42 Å². The first-order chi connectivity index (χ1) is 17.4. The van der Waals surface area contributed by atoms with E-state index in [1.54, 1.807) is 0 Å². The Morgan fingerprint density at radius 1 is 0.806 bits per heavy atom. The second kappa shape index (κ2) is 16.9. The fourth-order valence-corrected chi connectivity index (χ4v) is 3.90. The van der Waals surface area contributed by atoms with Gasteiger partial charge in [-0.1, -0.05) is 58.1 Å². The predicted molar refractivity (Wildman–Crippen MR) is 149 cm³/mol. The predicted octanol–water partition coefficient (Wildman–Crippen LogP) is 7.38. The molecule has 0 saturated carbocycles. The van der Waals surface area contributed by atoms with Crippen LogP contribution in [-0.4, -0.2) is 50.7 Å². The Kier molecular flexibility index (Phi) is 13.8. The number of likely N-dealkylation sites (N-methyl/N-ethyl adjacent to an activating group) is 1. The average molecular weight is 496 g/mol. The van der Waals surface area contributed by atoms with Crippen LogP contribution in [0.5, 0.6) is 5.75 Å². The summed E-state index contributed by atoms with van der Waals surface area (Å²) in [5.41, 5.74) is 3.04. The molecular formula is C30H47N4O2+. The smallest absolute Gasteiger partial charge is 0.220 e. The Morgan fingerprint density at radius 3 is 2.06 bits per heavy atom. The van der Waals surface area contributed by atoms with Gasteiger partial charge in [-0.05, 0) is 61.2 Å². The van der Waals surface area contributed by atoms with Crippen LogP contribution in [0.1, 0.15) is 70.8 Å². The van der Waals surface area contributed by atoms with E-state index in [2.05, 4.69) is 48.7 Å². The number of nitrogens with one attached hydrogen (secondary N) is 1. The van der Waals surface area contributed by atoms with Gasteiger partial charge in [-0.2, -0.15) is 10.2 Å². The van der Waals surface area contributed by atoms with Crippen molar-refractivity contribution >= 4 is 17.3 Å². The molecule has 6 heteroatoms. The normalized spacial score (nSPS) is 11.7. The van der Waals surface area contributed by atoms with E-state index >= 15 is 0 Å². The highest BCUT2D eigenvalue weighted by atomic mass is 16.5. The molecule has 1 amide bonds. The molecule has 0 aliphatic heterocycles. The van der Waals surface area contributed by atoms with Crippen LogP contribution in [-0.2, 0) is 11.2 Å². The number of quaternary nitrogens is 1. The largest absolute Gasteiger partial charge is 0.488 e. The molecule has 0 fully saturated rings. The molecule has 0 atom stereocenters. The SMILES string of the molecule is CCCCCCCCc1ccc(N=Nc2ccc(OCC[N+](C)(C)CCNC(=O)CCC)cc2)cc1. The second-order valence-electron chi connectivity index (χ2n) is 10.2. The number of ether oxygens (including phenoxy) is 1. The van der Waals surface area contributed by atoms with Crippen LogP contribution in [0.15, 0.2) is 58.8 Å². The van der Waals surface area contributed by atoms with Crippen LogP contribution in [0.4, 0.5) is 11.4 Å². The van der Waals surface area contributed by atoms with Gasteiger partial charge in [-0.3, -0.25) is 4.79 Å². The third-order valence-electron chi connectivity index (χ3n) is 6.35. The van der Waals surface area contributed by atoms with Crippen LogP contribution in [0.2, 0.25) is 0 Å². The summed E-state index contributed by atoms with van der Waals surface area (Å²) in [6.45, 7) is 7.31. The van der Waals surface area contributed by atoms with E-state index in [-0.39, 0.29) is 5.91 Å². The molecule has 1 N–H and O–H groups in total. The summed E-state index contributed by atoms with van der Waals surface area (Å²) >= 11 is 0. The fraction of sp³-hybridized carbons (Fsp3) is 0.567. The van der Waals surface area contributed by atoms with Gasteiger partial charge < -0.3 is 14.5 Å². The lowest BCUT2D eigenvalue weighted by atomic mass is 10.0. The molecule has 0 unspecified atom stereocenters. The molecule has 0 radical (unpaired) electrons. The summed E-state index contributed by atoms with van der Waals surface area (Å²) in [6.07, 6.45) is 10.6. The van der Waals surface area contributed by atoms with Crippen LogP contribution >= 0.6 is 0 Å². The number of aryl methyl sites for hydroxylation is 1. The minimum absolute atomic E-state index is 0.131. The Hall–Kier alpha value is -2.73. The van der Waals surface area contributed by atoms with Crippen molar-refractivity contribution < 1.29 is 14.0 Å². The van der Waals surface area contributed by atoms with Crippen LogP contribution in [0, 0.1) is 0 Å². The molecule has 0 bridgehead atoms. The van der Waals surface area contributed by atoms with E-state index in [0.717, 1.165) is 47.5 Å². The van der Waals surface area contributed by atoms with Crippen molar-refractivity contribution in [2.24, 2.45) is 10.2 Å². The van der Waals surface area contributed by atoms with E-state index in [4.69, 9.17) is 4.74 Å². The van der Waals surface area contributed by atoms with Crippen LogP contribution < -0.4 is 10.1 Å². The quantitative estimate of drug-likeness (QED) is 0.133. The third-order valence-corrected chi connectivity index (χ3v) is 6.35. The summed E-state index contributed by atoms with van der Waals surface area (Å²) < 4.78 is 6.71. The Balaban J connectivity index is 1.69. The molecule has 2 rings (SSSR count). The number of azo groups is 1. The molecular weight excluding hydrogens is 448 g/mol. The molecule has 0 spiro atoms. The summed E-state index contributed by atoms with van der Waals surface area (Å²) in [7, 11) is 4.31. The van der Waals surface area contributed by atoms with Crippen molar-refractivity contribution in [3.05, 3.63) is 54.1 Å². The Bertz CT molecular complexity index is 892. The van der Waals surface area contributed by atoms with Gasteiger partial charge in [0.25, 0.3) is 0 Å². The summed E-state index contributed by atoms with van der Waals surface area (Å²) in [5, 5.41) is 11.7. The van der Waals surface area contributed by atoms with Gasteiger partial charge in [-0.25, -0.2) is 0 Å². The van der Waals surface area contributed by atoms with Gasteiger partial charge >= 0.3 is 0 Å². The van der Waals surface area contributed by atoms with Gasteiger partial charge in [0.2, 0.25) is 5.91 Å². The van der Waals surface area contributed by atoms with Gasteiger partial charge in [-0.15, -0.1) is 0 Å². The number of rotatable bonds is 18. The van der Waals surface area contributed by atoms with Crippen molar-refractivity contribution in [1.82, 2.24) is 5.32 Å². The summed E-state index contributed by atoms with van der Waals surface area (Å²) in [5.74, 6) is 0.954. The Morgan fingerprint density at radius 2 is 1.42 bits per heavy atom. The van der Waals surface area contributed by atoms with Crippen LogP contribution in [0.25, 0.3) is 0 Å². The fourth-order valence-electron chi connectivity index (χ4n) is 3.90. The average Bonchev–Trinajstić information content (AvgIpc) is 2.86. The molecule has 0 aromatic heterocycles. The highest BCUT2D eigenvalue weighted by Gasteiger charge is 2.15. The van der Waals surface area contributed by atoms with Gasteiger partial charge in [0.15, 0.2) is 0 Å². The molecule has 198 valence electrons. The number of amides is 1. The molecule has 2 aromatic carbocycles. The number of carbonyl (C=O) groups is 1. The maximum Gasteiger partial charge on any atom is 0.220 e. The highest BCUT2D eigenvalue weighted by Crippen LogP contribution is 2.22. The number of benzene rings is 2. The van der Waals surface area contributed by atoms with Crippen molar-refractivity contribution in [3.63, 3.8) is 0 Å². The van der Waals surface area contributed by atoms with Gasteiger partial charge in [0.05, 0.1) is 38.6 Å². The maximum atomic E-state index is 11.6. The van der Waals surface area contributed by atoms with E-state index in [9.17, 15) is 4.79 Å². The first kappa shape index (κ1) is 29.5. The van der Waals surface area contributed by atoms with Gasteiger partial charge in [0.1, 0.15) is 18.9 Å². The second-order valence-corrected chi connectivity index (χ2v) is 10.2. The van der Waals surface area contributed by atoms with E-state index in [1.807, 2.05) is 43.3 Å². The van der Waals surface area contributed by atoms with Crippen molar-refractivity contribution in [2.45, 2.75) is 71.6 Å². The lowest BCUT2D eigenvalue weighted by Gasteiger charge is -2.29. The zero-order valence-corrected chi connectivity index (χ0v) is 23.0. The van der Waals surface area contributed by atoms with E-state index in [0.29, 0.717) is 19.6 Å². The lowest BCUT2D eigenvalue weighted by Crippen LogP contribution is -2.47. The number of unbranched alkanes of at least 4 members (excludes halogenated alkanes) is 5. The first-order valence-corrected chi connectivity index (χ1v) is 13.7. The molecule has 36 heavy (non-hydrogen) atoms. The number of nitrogens with zero attached hydrogens (tertiary/aromatic N) is 3. The minimum atomic E-state index is 0.131. The lowest BCUT2D eigenvalue weighted by molar-refractivity contribution is -0.889. The molecule has 6 nitrogen and oxygen atoms in total. The molecule has 0 saturated heterocycles. The standard InChI is InChI=1S/C30H46N4O2/c1-5-7-8-9-10-11-13-26-14-16-27(17-15-26)32-33-28-18-20-29(21-19-28)36-25-24-34(3,4)23-22-31-30(35)12-6-2/h14-21H,5-13,22-25H2,1-4H3/p+1. The van der Waals surface area contributed by atoms with Crippen molar-refractivity contribution in [3.8, 4) is 5.75 Å². The number of carbonyl (C=O) groups excluding carboxylic acids is 1. The monoisotopic (exact) mass is 495 g/mol. The zero-order chi connectivity index (χ0) is 26.1. The number of hydrogen-bond acceptors (Lipinski definition) is 4. The molecule has 0 heterocycles. The topological polar surface area (TPSA) is 63.1 Å². The van der Waals surface area contributed by atoms with E-state index in [1.165, 1.54) is 44.1 Å². The molecule has 2 aromatic rings. The van der Waals surface area contributed by atoms with Crippen LogP contribution in [0.3, 0.4) is 0 Å². The maximum absolute atomic E-state index is 11.6. The highest BCUT2D eigenvalue weighted by molar-refractivity contribution is 5.75. The zero-order valence-electron chi connectivity index (χ0n) is 23.0. The minimum Gasteiger partial charge on any atom is -0.488 e. The summed E-state index contributed by atoms with van der Waals surface area (Å²) in [4.78, 5) is 11.6. The van der Waals surface area contributed by atoms with Crippen molar-refractivity contribution in [1.29, 1.82) is 0 Å². The molecule has 0 aliphatic rings. The number of hydrogen-bond donors (Lipinski definition) is 1. The first-order valence-electron chi connectivity index (χ1n) is 13.7. The summed E-state index contributed by atoms with van der Waals surface area (Å²) in [6, 6.07) is 16.1. The van der Waals surface area contributed by atoms with Crippen molar-refractivity contribution in [2.75, 3.05) is 40.3 Å². The molecule has 0 aliphatic carbocycles. The Labute approximate surface area is 218 Å². The third kappa shape index (κ3) is 12.8. The van der Waals surface area contributed by atoms with E-state index < -0.39 is 0 Å².